The summed E-state index contributed by atoms with van der Waals surface area (Å²) in [6.07, 6.45) is 1.75. The largest absolute Gasteiger partial charge is 0.343 e. The molecule has 0 aliphatic rings. The lowest BCUT2D eigenvalue weighted by Crippen LogP contribution is -2.32. The zero-order valence-electron chi connectivity index (χ0n) is 13.2. The Hall–Kier alpha value is -1.81. The highest BCUT2D eigenvalue weighted by Crippen LogP contribution is 2.24. The molecule has 2 aromatic rings. The molecular weight excluding hydrogens is 292 g/mol. The third kappa shape index (κ3) is 5.19. The van der Waals surface area contributed by atoms with Crippen LogP contribution in [0.3, 0.4) is 0 Å². The quantitative estimate of drug-likeness (QED) is 0.912. The number of rotatable bonds is 5. The Morgan fingerprint density at radius 3 is 2.41 bits per heavy atom. The van der Waals surface area contributed by atoms with Crippen LogP contribution in [0, 0.1) is 0 Å². The van der Waals surface area contributed by atoms with E-state index in [9.17, 15) is 4.79 Å². The first-order chi connectivity index (χ1) is 10.5. The fourth-order valence-electron chi connectivity index (χ4n) is 2.00. The third-order valence-corrected chi connectivity index (χ3v) is 4.33. The number of carbonyl (C=O) groups is 1. The van der Waals surface area contributed by atoms with Crippen molar-refractivity contribution >= 4 is 17.7 Å². The average molecular weight is 314 g/mol. The second-order valence-corrected chi connectivity index (χ2v) is 7.87. The molecule has 1 aromatic heterocycles. The predicted molar refractivity (Wildman–Crippen MR) is 92.9 cm³/mol. The second kappa shape index (κ2) is 7.45. The Morgan fingerprint density at radius 1 is 1.14 bits per heavy atom. The van der Waals surface area contributed by atoms with E-state index in [4.69, 9.17) is 0 Å². The molecule has 22 heavy (non-hydrogen) atoms. The van der Waals surface area contributed by atoms with Gasteiger partial charge in [0.1, 0.15) is 0 Å². The number of benzene rings is 1. The van der Waals surface area contributed by atoms with Crippen molar-refractivity contribution in [1.29, 1.82) is 0 Å². The van der Waals surface area contributed by atoms with Gasteiger partial charge in [-0.1, -0.05) is 57.2 Å². The highest BCUT2D eigenvalue weighted by molar-refractivity contribution is 8.01. The number of thioether (sulfide) groups is 1. The minimum atomic E-state index is -0.213. The topological polar surface area (TPSA) is 42.0 Å². The first-order valence-electron chi connectivity index (χ1n) is 7.35. The molecule has 0 saturated heterocycles. The third-order valence-electron chi connectivity index (χ3n) is 3.06. The van der Waals surface area contributed by atoms with E-state index in [1.165, 1.54) is 0 Å². The summed E-state index contributed by atoms with van der Waals surface area (Å²) >= 11 is 1.64. The van der Waals surface area contributed by atoms with Gasteiger partial charge < -0.3 is 5.32 Å². The number of hydrogen-bond donors (Lipinski definition) is 1. The van der Waals surface area contributed by atoms with Crippen molar-refractivity contribution in [3.8, 4) is 0 Å². The molecule has 0 aliphatic heterocycles. The minimum absolute atomic E-state index is 0.0273. The summed E-state index contributed by atoms with van der Waals surface area (Å²) in [5.41, 5.74) is 1.89. The van der Waals surface area contributed by atoms with Crippen LogP contribution in [0.1, 0.15) is 38.1 Å². The summed E-state index contributed by atoms with van der Waals surface area (Å²) in [7, 11) is 0. The van der Waals surface area contributed by atoms with E-state index in [0.717, 1.165) is 11.3 Å². The molecule has 1 N–H and O–H groups in total. The number of aromatic nitrogens is 1. The second-order valence-electron chi connectivity index (χ2n) is 6.07. The van der Waals surface area contributed by atoms with Crippen LogP contribution >= 0.6 is 11.8 Å². The van der Waals surface area contributed by atoms with Gasteiger partial charge in [-0.2, -0.15) is 0 Å². The Balaban J connectivity index is 2.14. The van der Waals surface area contributed by atoms with E-state index in [0.29, 0.717) is 5.75 Å². The highest BCUT2D eigenvalue weighted by atomic mass is 32.2. The van der Waals surface area contributed by atoms with Crippen molar-refractivity contribution in [2.24, 2.45) is 0 Å². The Morgan fingerprint density at radius 2 is 1.82 bits per heavy atom. The number of carbonyl (C=O) groups excluding carboxylic acids is 1. The number of nitrogens with zero attached hydrogens (tertiary/aromatic N) is 1. The Bertz CT molecular complexity index is 554. The molecule has 2 rings (SSSR count). The van der Waals surface area contributed by atoms with E-state index in [2.05, 4.69) is 31.1 Å². The fraction of sp³-hybridized carbons (Fsp3) is 0.333. The molecule has 0 fully saturated rings. The number of pyridine rings is 1. The van der Waals surface area contributed by atoms with Crippen LogP contribution in [0.5, 0.6) is 0 Å². The van der Waals surface area contributed by atoms with Crippen LogP contribution in [-0.2, 0) is 4.79 Å². The maximum atomic E-state index is 12.3. The van der Waals surface area contributed by atoms with Crippen LogP contribution < -0.4 is 5.32 Å². The van der Waals surface area contributed by atoms with Crippen molar-refractivity contribution in [1.82, 2.24) is 10.3 Å². The number of amides is 1. The standard InChI is InChI=1S/C18H22N2OS/c1-18(2,3)22-13-16(21)20-17(14-9-5-4-6-10-14)15-11-7-8-12-19-15/h4-12,17H,13H2,1-3H3,(H,20,21). The fourth-order valence-corrected chi connectivity index (χ4v) is 2.65. The Labute approximate surface area is 136 Å². The number of nitrogens with one attached hydrogen (secondary N) is 1. The first-order valence-corrected chi connectivity index (χ1v) is 8.33. The average Bonchev–Trinajstić information content (AvgIpc) is 2.52. The molecule has 0 aliphatic carbocycles. The zero-order valence-corrected chi connectivity index (χ0v) is 14.1. The molecule has 0 spiro atoms. The van der Waals surface area contributed by atoms with E-state index >= 15 is 0 Å². The van der Waals surface area contributed by atoms with Gasteiger partial charge in [0.25, 0.3) is 0 Å². The number of hydrogen-bond acceptors (Lipinski definition) is 3. The normalized spacial score (nSPS) is 12.7. The lowest BCUT2D eigenvalue weighted by atomic mass is 10.0. The molecule has 116 valence electrons. The summed E-state index contributed by atoms with van der Waals surface area (Å²) in [5, 5.41) is 3.10. The minimum Gasteiger partial charge on any atom is -0.343 e. The van der Waals surface area contributed by atoms with Crippen LogP contribution in [0.2, 0.25) is 0 Å². The smallest absolute Gasteiger partial charge is 0.230 e. The van der Waals surface area contributed by atoms with Crippen LogP contribution in [-0.4, -0.2) is 21.4 Å². The highest BCUT2D eigenvalue weighted by Gasteiger charge is 2.19. The summed E-state index contributed by atoms with van der Waals surface area (Å²) in [6.45, 7) is 6.33. The summed E-state index contributed by atoms with van der Waals surface area (Å²) in [4.78, 5) is 16.7. The van der Waals surface area contributed by atoms with E-state index in [1.807, 2.05) is 48.5 Å². The molecular formula is C18H22N2OS. The van der Waals surface area contributed by atoms with Gasteiger partial charge in [-0.05, 0) is 17.7 Å². The zero-order chi connectivity index (χ0) is 16.0. The Kier molecular flexibility index (Phi) is 5.61. The van der Waals surface area contributed by atoms with E-state index in [-0.39, 0.29) is 16.7 Å². The van der Waals surface area contributed by atoms with Crippen LogP contribution in [0.4, 0.5) is 0 Å². The predicted octanol–water partition coefficient (Wildman–Crippen LogP) is 3.82. The van der Waals surface area contributed by atoms with Gasteiger partial charge in [0.15, 0.2) is 0 Å². The van der Waals surface area contributed by atoms with Crippen molar-refractivity contribution < 1.29 is 4.79 Å². The maximum absolute atomic E-state index is 12.3. The monoisotopic (exact) mass is 314 g/mol. The van der Waals surface area contributed by atoms with Gasteiger partial charge in [-0.3, -0.25) is 9.78 Å². The molecule has 0 bridgehead atoms. The van der Waals surface area contributed by atoms with E-state index in [1.54, 1.807) is 18.0 Å². The van der Waals surface area contributed by atoms with Crippen LogP contribution in [0.15, 0.2) is 54.7 Å². The van der Waals surface area contributed by atoms with Gasteiger partial charge in [-0.25, -0.2) is 0 Å². The molecule has 1 amide bonds. The van der Waals surface area contributed by atoms with Gasteiger partial charge in [0.2, 0.25) is 5.91 Å². The molecule has 1 unspecified atom stereocenters. The SMILES string of the molecule is CC(C)(C)SCC(=O)NC(c1ccccc1)c1ccccn1. The molecule has 1 heterocycles. The van der Waals surface area contributed by atoms with Crippen LogP contribution in [0.25, 0.3) is 0 Å². The molecule has 4 heteroatoms. The van der Waals surface area contributed by atoms with Crippen molar-refractivity contribution in [3.63, 3.8) is 0 Å². The summed E-state index contributed by atoms with van der Waals surface area (Å²) in [5.74, 6) is 0.471. The lowest BCUT2D eigenvalue weighted by molar-refractivity contribution is -0.119. The van der Waals surface area contributed by atoms with Crippen molar-refractivity contribution in [3.05, 3.63) is 66.0 Å². The van der Waals surface area contributed by atoms with Gasteiger partial charge in [0, 0.05) is 10.9 Å². The van der Waals surface area contributed by atoms with E-state index < -0.39 is 0 Å². The van der Waals surface area contributed by atoms with Gasteiger partial charge >= 0.3 is 0 Å². The van der Waals surface area contributed by atoms with Gasteiger partial charge in [-0.15, -0.1) is 11.8 Å². The molecule has 1 atom stereocenters. The molecule has 0 saturated carbocycles. The molecule has 3 nitrogen and oxygen atoms in total. The van der Waals surface area contributed by atoms with Gasteiger partial charge in [0.05, 0.1) is 17.5 Å². The maximum Gasteiger partial charge on any atom is 0.230 e. The summed E-state index contributed by atoms with van der Waals surface area (Å²) < 4.78 is 0.0740. The first kappa shape index (κ1) is 16.6. The molecule has 0 radical (unpaired) electrons. The molecule has 1 aromatic carbocycles. The van der Waals surface area contributed by atoms with Crippen molar-refractivity contribution in [2.45, 2.75) is 31.6 Å². The summed E-state index contributed by atoms with van der Waals surface area (Å²) in [6, 6.07) is 15.5. The lowest BCUT2D eigenvalue weighted by Gasteiger charge is -2.21. The van der Waals surface area contributed by atoms with Crippen molar-refractivity contribution in [2.75, 3.05) is 5.75 Å².